The molecule has 0 unspecified atom stereocenters. The summed E-state index contributed by atoms with van der Waals surface area (Å²) in [7, 11) is 0. The van der Waals surface area contributed by atoms with E-state index in [4.69, 9.17) is 9.47 Å². The van der Waals surface area contributed by atoms with Crippen LogP contribution in [0, 0.1) is 20.2 Å². The number of benzene rings is 2. The van der Waals surface area contributed by atoms with Crippen molar-refractivity contribution in [2.24, 2.45) is 0 Å². The number of para-hydroxylation sites is 2. The first-order chi connectivity index (χ1) is 14.2. The lowest BCUT2D eigenvalue weighted by atomic mass is 10.1. The van der Waals surface area contributed by atoms with Gasteiger partial charge in [0.2, 0.25) is 0 Å². The molecule has 2 rings (SSSR count). The predicted molar refractivity (Wildman–Crippen MR) is 101 cm³/mol. The van der Waals surface area contributed by atoms with Crippen molar-refractivity contribution in [1.82, 2.24) is 0 Å². The molecule has 12 nitrogen and oxygen atoms in total. The molecule has 0 saturated carbocycles. The Bertz CT molecular complexity index is 1020. The topological polar surface area (TPSA) is 168 Å². The molecule has 0 aromatic heterocycles. The van der Waals surface area contributed by atoms with Gasteiger partial charge in [0.15, 0.2) is 6.61 Å². The van der Waals surface area contributed by atoms with Gasteiger partial charge in [-0.25, -0.2) is 9.59 Å². The van der Waals surface area contributed by atoms with E-state index in [1.807, 2.05) is 0 Å². The Morgan fingerprint density at radius 1 is 0.933 bits per heavy atom. The van der Waals surface area contributed by atoms with Crippen LogP contribution in [-0.2, 0) is 14.3 Å². The Labute approximate surface area is 168 Å². The zero-order chi connectivity index (χ0) is 22.3. The molecular formula is C18H15N3O9. The number of rotatable bonds is 8. The number of esters is 2. The molecule has 0 aliphatic heterocycles. The number of amides is 1. The summed E-state index contributed by atoms with van der Waals surface area (Å²) in [5.41, 5.74) is -1.57. The van der Waals surface area contributed by atoms with Crippen molar-refractivity contribution in [3.05, 3.63) is 73.8 Å². The molecule has 0 bridgehead atoms. The number of hydrogen-bond acceptors (Lipinski definition) is 9. The highest BCUT2D eigenvalue weighted by molar-refractivity contribution is 5.99. The molecule has 0 spiro atoms. The second kappa shape index (κ2) is 9.73. The number of nitro benzene ring substituents is 2. The predicted octanol–water partition coefficient (Wildman–Crippen LogP) is 2.48. The van der Waals surface area contributed by atoms with E-state index in [0.717, 1.165) is 18.2 Å². The van der Waals surface area contributed by atoms with Gasteiger partial charge in [-0.05, 0) is 19.1 Å². The normalized spacial score (nSPS) is 10.0. The molecule has 0 saturated heterocycles. The maximum absolute atomic E-state index is 12.2. The minimum atomic E-state index is -1.11. The van der Waals surface area contributed by atoms with Gasteiger partial charge >= 0.3 is 11.9 Å². The van der Waals surface area contributed by atoms with Gasteiger partial charge in [-0.15, -0.1) is 0 Å². The molecule has 2 aromatic carbocycles. The van der Waals surface area contributed by atoms with Crippen LogP contribution in [0.15, 0.2) is 42.5 Å². The summed E-state index contributed by atoms with van der Waals surface area (Å²) in [5, 5.41) is 24.2. The summed E-state index contributed by atoms with van der Waals surface area (Å²) in [5.74, 6) is -2.85. The Morgan fingerprint density at radius 2 is 1.53 bits per heavy atom. The lowest BCUT2D eigenvalue weighted by molar-refractivity contribution is -0.384. The fraction of sp³-hybridized carbons (Fsp3) is 0.167. The summed E-state index contributed by atoms with van der Waals surface area (Å²) >= 11 is 0. The number of non-ortho nitro benzene ring substituents is 1. The lowest BCUT2D eigenvalue weighted by Crippen LogP contribution is -2.21. The van der Waals surface area contributed by atoms with Gasteiger partial charge in [0.05, 0.1) is 27.6 Å². The Kier molecular flexibility index (Phi) is 7.11. The first-order valence-electron chi connectivity index (χ1n) is 8.40. The fourth-order valence-corrected chi connectivity index (χ4v) is 2.31. The maximum Gasteiger partial charge on any atom is 0.338 e. The van der Waals surface area contributed by atoms with Crippen LogP contribution in [-0.4, -0.2) is 40.9 Å². The largest absolute Gasteiger partial charge is 0.462 e. The third kappa shape index (κ3) is 5.58. The van der Waals surface area contributed by atoms with Crippen LogP contribution >= 0.6 is 0 Å². The molecule has 1 amide bonds. The van der Waals surface area contributed by atoms with Crippen LogP contribution in [0.3, 0.4) is 0 Å². The van der Waals surface area contributed by atoms with Gasteiger partial charge in [0.25, 0.3) is 17.3 Å². The molecule has 0 heterocycles. The molecule has 0 radical (unpaired) electrons. The van der Waals surface area contributed by atoms with E-state index in [2.05, 4.69) is 5.32 Å². The highest BCUT2D eigenvalue weighted by Crippen LogP contribution is 2.23. The van der Waals surface area contributed by atoms with Crippen molar-refractivity contribution >= 4 is 34.9 Å². The van der Waals surface area contributed by atoms with E-state index >= 15 is 0 Å². The van der Waals surface area contributed by atoms with Crippen LogP contribution in [0.4, 0.5) is 17.1 Å². The standard InChI is InChI=1S/C18H15N3O9/c1-2-29-17(23)11-7-12(9-13(8-11)20(25)26)18(24)30-10-16(22)19-14-5-3-4-6-15(14)21(27)28/h3-9H,2,10H2,1H3,(H,19,22). The summed E-state index contributed by atoms with van der Waals surface area (Å²) in [6, 6.07) is 8.21. The number of nitro groups is 2. The number of ether oxygens (including phenoxy) is 2. The molecule has 156 valence electrons. The zero-order valence-corrected chi connectivity index (χ0v) is 15.5. The van der Waals surface area contributed by atoms with Crippen molar-refractivity contribution in [3.63, 3.8) is 0 Å². The van der Waals surface area contributed by atoms with Gasteiger partial charge in [-0.3, -0.25) is 25.0 Å². The van der Waals surface area contributed by atoms with Crippen molar-refractivity contribution in [1.29, 1.82) is 0 Å². The third-order valence-electron chi connectivity index (χ3n) is 3.58. The molecule has 12 heteroatoms. The number of carbonyl (C=O) groups excluding carboxylic acids is 3. The Balaban J connectivity index is 2.12. The monoisotopic (exact) mass is 417 g/mol. The molecule has 1 N–H and O–H groups in total. The third-order valence-corrected chi connectivity index (χ3v) is 3.58. The van der Waals surface area contributed by atoms with E-state index in [1.54, 1.807) is 6.92 Å². The number of anilines is 1. The van der Waals surface area contributed by atoms with Crippen molar-refractivity contribution in [3.8, 4) is 0 Å². The van der Waals surface area contributed by atoms with Crippen LogP contribution in [0.2, 0.25) is 0 Å². The summed E-state index contributed by atoms with van der Waals surface area (Å²) < 4.78 is 9.56. The summed E-state index contributed by atoms with van der Waals surface area (Å²) in [4.78, 5) is 56.5. The van der Waals surface area contributed by atoms with E-state index < -0.39 is 40.0 Å². The van der Waals surface area contributed by atoms with E-state index in [1.165, 1.54) is 24.3 Å². The van der Waals surface area contributed by atoms with E-state index in [-0.39, 0.29) is 29.1 Å². The van der Waals surface area contributed by atoms with Gasteiger partial charge in [-0.1, -0.05) is 12.1 Å². The highest BCUT2D eigenvalue weighted by Gasteiger charge is 2.21. The molecule has 2 aromatic rings. The molecule has 30 heavy (non-hydrogen) atoms. The zero-order valence-electron chi connectivity index (χ0n) is 15.5. The second-order valence-electron chi connectivity index (χ2n) is 5.64. The highest BCUT2D eigenvalue weighted by atomic mass is 16.6. The van der Waals surface area contributed by atoms with Crippen LogP contribution in [0.5, 0.6) is 0 Å². The fourth-order valence-electron chi connectivity index (χ4n) is 2.31. The average Bonchev–Trinajstić information content (AvgIpc) is 2.72. The van der Waals surface area contributed by atoms with E-state index in [9.17, 15) is 34.6 Å². The molecule has 0 aliphatic carbocycles. The Morgan fingerprint density at radius 3 is 2.10 bits per heavy atom. The number of hydrogen-bond donors (Lipinski definition) is 1. The SMILES string of the molecule is CCOC(=O)c1cc(C(=O)OCC(=O)Nc2ccccc2[N+](=O)[O-])cc([N+](=O)[O-])c1. The molecule has 0 atom stereocenters. The van der Waals surface area contributed by atoms with Gasteiger partial charge < -0.3 is 14.8 Å². The van der Waals surface area contributed by atoms with Crippen molar-refractivity contribution in [2.75, 3.05) is 18.5 Å². The average molecular weight is 417 g/mol. The second-order valence-corrected chi connectivity index (χ2v) is 5.64. The van der Waals surface area contributed by atoms with Crippen LogP contribution < -0.4 is 5.32 Å². The van der Waals surface area contributed by atoms with Crippen molar-refractivity contribution in [2.45, 2.75) is 6.92 Å². The molecule has 0 aliphatic rings. The van der Waals surface area contributed by atoms with Gasteiger partial charge in [-0.2, -0.15) is 0 Å². The van der Waals surface area contributed by atoms with Gasteiger partial charge in [0, 0.05) is 18.2 Å². The quantitative estimate of drug-likeness (QED) is 0.385. The van der Waals surface area contributed by atoms with Crippen LogP contribution in [0.1, 0.15) is 27.6 Å². The summed E-state index contributed by atoms with van der Waals surface area (Å²) in [6.07, 6.45) is 0. The first kappa shape index (κ1) is 21.9. The number of nitrogens with one attached hydrogen (secondary N) is 1. The summed E-state index contributed by atoms with van der Waals surface area (Å²) in [6.45, 7) is 0.746. The van der Waals surface area contributed by atoms with Gasteiger partial charge in [0.1, 0.15) is 5.69 Å². The first-order valence-corrected chi connectivity index (χ1v) is 8.40. The Hall–Kier alpha value is -4.35. The van der Waals surface area contributed by atoms with Crippen LogP contribution in [0.25, 0.3) is 0 Å². The molecular weight excluding hydrogens is 402 g/mol. The van der Waals surface area contributed by atoms with E-state index in [0.29, 0.717) is 0 Å². The number of nitrogens with zero attached hydrogens (tertiary/aromatic N) is 2. The number of carbonyl (C=O) groups is 3. The van der Waals surface area contributed by atoms with Crippen molar-refractivity contribution < 1.29 is 33.7 Å². The smallest absolute Gasteiger partial charge is 0.338 e. The minimum absolute atomic E-state index is 0.0209. The lowest BCUT2D eigenvalue weighted by Gasteiger charge is -2.08. The molecule has 0 fully saturated rings. The maximum atomic E-state index is 12.2. The minimum Gasteiger partial charge on any atom is -0.462 e.